The minimum absolute atomic E-state index is 0.217. The van der Waals surface area contributed by atoms with Crippen molar-refractivity contribution in [3.63, 3.8) is 0 Å². The zero-order valence-electron chi connectivity index (χ0n) is 11.0. The van der Waals surface area contributed by atoms with Gasteiger partial charge in [-0.25, -0.2) is 0 Å². The van der Waals surface area contributed by atoms with Gasteiger partial charge in [0.25, 0.3) is 0 Å². The first-order valence-corrected chi connectivity index (χ1v) is 6.22. The number of rotatable bonds is 7. The van der Waals surface area contributed by atoms with Gasteiger partial charge in [0, 0.05) is 5.69 Å². The third-order valence-electron chi connectivity index (χ3n) is 2.41. The van der Waals surface area contributed by atoms with Crippen LogP contribution in [0.25, 0.3) is 0 Å². The Hall–Kier alpha value is -1.71. The van der Waals surface area contributed by atoms with Gasteiger partial charge in [0.2, 0.25) is 0 Å². The number of esters is 1. The molecule has 0 aliphatic rings. The van der Waals surface area contributed by atoms with Crippen LogP contribution in [-0.4, -0.2) is 19.2 Å². The van der Waals surface area contributed by atoms with Crippen LogP contribution in [0.3, 0.4) is 0 Å². The van der Waals surface area contributed by atoms with Crippen molar-refractivity contribution >= 4 is 11.7 Å². The molecular formula is C14H21NO3. The number of anilines is 1. The monoisotopic (exact) mass is 251 g/mol. The van der Waals surface area contributed by atoms with E-state index >= 15 is 0 Å². The number of nitrogens with two attached hydrogens (primary N) is 1. The summed E-state index contributed by atoms with van der Waals surface area (Å²) in [6.45, 7) is 5.00. The summed E-state index contributed by atoms with van der Waals surface area (Å²) in [6.07, 6.45) is 1.16. The molecule has 0 bridgehead atoms. The SMILES string of the molecule is CC(C)CCOC(=O)CCOc1ccc(N)cc1. The van der Waals surface area contributed by atoms with Gasteiger partial charge < -0.3 is 15.2 Å². The van der Waals surface area contributed by atoms with Crippen molar-refractivity contribution in [3.8, 4) is 5.75 Å². The van der Waals surface area contributed by atoms with Gasteiger partial charge in [-0.3, -0.25) is 4.79 Å². The molecule has 0 fully saturated rings. The highest BCUT2D eigenvalue weighted by Gasteiger charge is 2.04. The van der Waals surface area contributed by atoms with Crippen LogP contribution in [0.2, 0.25) is 0 Å². The Morgan fingerprint density at radius 1 is 1.22 bits per heavy atom. The molecule has 0 aliphatic carbocycles. The first-order chi connectivity index (χ1) is 8.58. The number of carbonyl (C=O) groups is 1. The lowest BCUT2D eigenvalue weighted by Crippen LogP contribution is -2.11. The minimum Gasteiger partial charge on any atom is -0.493 e. The van der Waals surface area contributed by atoms with Crippen molar-refractivity contribution in [3.05, 3.63) is 24.3 Å². The third kappa shape index (κ3) is 6.13. The molecule has 1 rings (SSSR count). The molecular weight excluding hydrogens is 230 g/mol. The molecule has 0 heterocycles. The molecule has 1 aromatic rings. The zero-order valence-corrected chi connectivity index (χ0v) is 11.0. The number of hydrogen-bond donors (Lipinski definition) is 1. The first kappa shape index (κ1) is 14.4. The molecule has 4 heteroatoms. The van der Waals surface area contributed by atoms with Crippen LogP contribution in [0, 0.1) is 5.92 Å². The molecule has 0 aromatic heterocycles. The van der Waals surface area contributed by atoms with Crippen molar-refractivity contribution in [2.24, 2.45) is 5.92 Å². The largest absolute Gasteiger partial charge is 0.493 e. The number of nitrogen functional groups attached to an aromatic ring is 1. The molecule has 0 spiro atoms. The molecule has 0 saturated carbocycles. The van der Waals surface area contributed by atoms with Gasteiger partial charge in [-0.05, 0) is 36.6 Å². The lowest BCUT2D eigenvalue weighted by Gasteiger charge is -2.08. The van der Waals surface area contributed by atoms with E-state index in [9.17, 15) is 4.79 Å². The van der Waals surface area contributed by atoms with Crippen LogP contribution in [0.4, 0.5) is 5.69 Å². The Kier molecular flexibility index (Phi) is 6.05. The Labute approximate surface area is 108 Å². The lowest BCUT2D eigenvalue weighted by atomic mass is 10.1. The number of carbonyl (C=O) groups excluding carboxylic acids is 1. The van der Waals surface area contributed by atoms with E-state index in [1.54, 1.807) is 24.3 Å². The topological polar surface area (TPSA) is 61.5 Å². The Morgan fingerprint density at radius 3 is 2.50 bits per heavy atom. The molecule has 18 heavy (non-hydrogen) atoms. The summed E-state index contributed by atoms with van der Waals surface area (Å²) in [5.74, 6) is 1.04. The van der Waals surface area contributed by atoms with E-state index < -0.39 is 0 Å². The number of hydrogen-bond acceptors (Lipinski definition) is 4. The standard InChI is InChI=1S/C14H21NO3/c1-11(2)7-9-18-14(16)8-10-17-13-5-3-12(15)4-6-13/h3-6,11H,7-10,15H2,1-2H3. The molecule has 2 N–H and O–H groups in total. The average molecular weight is 251 g/mol. The first-order valence-electron chi connectivity index (χ1n) is 6.22. The van der Waals surface area contributed by atoms with Crippen LogP contribution in [0.5, 0.6) is 5.75 Å². The van der Waals surface area contributed by atoms with Gasteiger partial charge in [-0.15, -0.1) is 0 Å². The van der Waals surface area contributed by atoms with E-state index in [0.29, 0.717) is 30.6 Å². The maximum atomic E-state index is 11.3. The van der Waals surface area contributed by atoms with Gasteiger partial charge in [0.05, 0.1) is 19.6 Å². The summed E-state index contributed by atoms with van der Waals surface area (Å²) in [5, 5.41) is 0. The van der Waals surface area contributed by atoms with Crippen LogP contribution in [-0.2, 0) is 9.53 Å². The van der Waals surface area contributed by atoms with Gasteiger partial charge in [-0.1, -0.05) is 13.8 Å². The molecule has 1 aromatic carbocycles. The average Bonchev–Trinajstić information content (AvgIpc) is 2.31. The summed E-state index contributed by atoms with van der Waals surface area (Å²) in [4.78, 5) is 11.3. The second-order valence-electron chi connectivity index (χ2n) is 4.57. The molecule has 0 unspecified atom stereocenters. The normalized spacial score (nSPS) is 10.4. The molecule has 100 valence electrons. The van der Waals surface area contributed by atoms with Gasteiger partial charge >= 0.3 is 5.97 Å². The van der Waals surface area contributed by atoms with E-state index in [0.717, 1.165) is 6.42 Å². The van der Waals surface area contributed by atoms with Crippen LogP contribution < -0.4 is 10.5 Å². The Bertz CT molecular complexity index is 360. The van der Waals surface area contributed by atoms with Crippen LogP contribution in [0.1, 0.15) is 26.7 Å². The van der Waals surface area contributed by atoms with Gasteiger partial charge in [0.1, 0.15) is 5.75 Å². The van der Waals surface area contributed by atoms with E-state index in [1.807, 2.05) is 0 Å². The van der Waals surface area contributed by atoms with Crippen molar-refractivity contribution < 1.29 is 14.3 Å². The summed E-state index contributed by atoms with van der Waals surface area (Å²) in [5.41, 5.74) is 6.24. The molecule has 0 amide bonds. The molecule has 0 radical (unpaired) electrons. The third-order valence-corrected chi connectivity index (χ3v) is 2.41. The highest BCUT2D eigenvalue weighted by Crippen LogP contribution is 2.13. The molecule has 0 aliphatic heterocycles. The Morgan fingerprint density at radius 2 is 1.89 bits per heavy atom. The second kappa shape index (κ2) is 7.58. The number of benzene rings is 1. The summed E-state index contributed by atoms with van der Waals surface area (Å²) < 4.78 is 10.5. The van der Waals surface area contributed by atoms with Crippen molar-refractivity contribution in [2.45, 2.75) is 26.7 Å². The highest BCUT2D eigenvalue weighted by molar-refractivity contribution is 5.69. The summed E-state index contributed by atoms with van der Waals surface area (Å²) in [7, 11) is 0. The van der Waals surface area contributed by atoms with E-state index in [1.165, 1.54) is 0 Å². The fourth-order valence-corrected chi connectivity index (χ4v) is 1.30. The summed E-state index contributed by atoms with van der Waals surface area (Å²) >= 11 is 0. The van der Waals surface area contributed by atoms with Crippen molar-refractivity contribution in [1.29, 1.82) is 0 Å². The van der Waals surface area contributed by atoms with Crippen LogP contribution in [0.15, 0.2) is 24.3 Å². The quantitative estimate of drug-likeness (QED) is 0.597. The zero-order chi connectivity index (χ0) is 13.4. The second-order valence-corrected chi connectivity index (χ2v) is 4.57. The lowest BCUT2D eigenvalue weighted by molar-refractivity contribution is -0.144. The molecule has 4 nitrogen and oxygen atoms in total. The molecule has 0 saturated heterocycles. The highest BCUT2D eigenvalue weighted by atomic mass is 16.5. The van der Waals surface area contributed by atoms with Gasteiger partial charge in [0.15, 0.2) is 0 Å². The Balaban J connectivity index is 2.13. The molecule has 0 atom stereocenters. The predicted molar refractivity (Wildman–Crippen MR) is 71.4 cm³/mol. The summed E-state index contributed by atoms with van der Waals surface area (Å²) in [6, 6.07) is 7.07. The maximum Gasteiger partial charge on any atom is 0.309 e. The smallest absolute Gasteiger partial charge is 0.309 e. The van der Waals surface area contributed by atoms with E-state index in [4.69, 9.17) is 15.2 Å². The van der Waals surface area contributed by atoms with E-state index in [-0.39, 0.29) is 12.4 Å². The number of ether oxygens (including phenoxy) is 2. The van der Waals surface area contributed by atoms with Crippen molar-refractivity contribution in [2.75, 3.05) is 18.9 Å². The fourth-order valence-electron chi connectivity index (χ4n) is 1.30. The fraction of sp³-hybridized carbons (Fsp3) is 0.500. The predicted octanol–water partition coefficient (Wildman–Crippen LogP) is 2.63. The maximum absolute atomic E-state index is 11.3. The van der Waals surface area contributed by atoms with Gasteiger partial charge in [-0.2, -0.15) is 0 Å². The van der Waals surface area contributed by atoms with Crippen LogP contribution >= 0.6 is 0 Å². The van der Waals surface area contributed by atoms with Crippen molar-refractivity contribution in [1.82, 2.24) is 0 Å². The van der Waals surface area contributed by atoms with E-state index in [2.05, 4.69) is 13.8 Å². The minimum atomic E-state index is -0.217.